The fourth-order valence-electron chi connectivity index (χ4n) is 2.00. The maximum absolute atomic E-state index is 10.5. The minimum Gasteiger partial charge on any atom is -0.371 e. The Morgan fingerprint density at radius 1 is 1.19 bits per heavy atom. The maximum Gasteiger partial charge on any atom is 0.150 e. The van der Waals surface area contributed by atoms with Gasteiger partial charge in [-0.15, -0.1) is 0 Å². The van der Waals surface area contributed by atoms with Gasteiger partial charge in [0.25, 0.3) is 0 Å². The monoisotopic (exact) mass is 217 g/mol. The summed E-state index contributed by atoms with van der Waals surface area (Å²) in [6.45, 7) is 9.15. The largest absolute Gasteiger partial charge is 0.371 e. The zero-order chi connectivity index (χ0) is 11.8. The summed E-state index contributed by atoms with van der Waals surface area (Å²) in [4.78, 5) is 12.9. The van der Waals surface area contributed by atoms with E-state index < -0.39 is 0 Å². The molecule has 86 valence electrons. The second kappa shape index (κ2) is 3.93. The molecule has 0 saturated carbocycles. The van der Waals surface area contributed by atoms with Gasteiger partial charge in [-0.05, 0) is 35.6 Å². The fraction of sp³-hybridized carbons (Fsp3) is 0.500. The lowest BCUT2D eigenvalue weighted by atomic mass is 9.76. The molecule has 1 aromatic rings. The maximum atomic E-state index is 10.5. The van der Waals surface area contributed by atoms with Gasteiger partial charge < -0.3 is 4.90 Å². The first-order chi connectivity index (χ1) is 7.50. The average molecular weight is 217 g/mol. The third-order valence-corrected chi connectivity index (χ3v) is 3.50. The van der Waals surface area contributed by atoms with Crippen molar-refractivity contribution in [3.05, 3.63) is 29.8 Å². The highest BCUT2D eigenvalue weighted by Gasteiger charge is 2.35. The zero-order valence-electron chi connectivity index (χ0n) is 10.2. The molecule has 0 bridgehead atoms. The number of aldehydes is 1. The van der Waals surface area contributed by atoms with Crippen molar-refractivity contribution in [3.63, 3.8) is 0 Å². The Labute approximate surface area is 97.3 Å². The number of rotatable bonds is 2. The third kappa shape index (κ3) is 2.11. The summed E-state index contributed by atoms with van der Waals surface area (Å²) in [5.41, 5.74) is 2.38. The molecule has 1 aliphatic heterocycles. The van der Waals surface area contributed by atoms with E-state index in [0.717, 1.165) is 30.9 Å². The Bertz CT molecular complexity index is 369. The number of benzene rings is 1. The van der Waals surface area contributed by atoms with Crippen LogP contribution in [0.4, 0.5) is 5.69 Å². The van der Waals surface area contributed by atoms with Crippen molar-refractivity contribution >= 4 is 12.0 Å². The lowest BCUT2D eigenvalue weighted by Crippen LogP contribution is -2.52. The molecule has 1 heterocycles. The molecule has 2 nitrogen and oxygen atoms in total. The highest BCUT2D eigenvalue weighted by Crippen LogP contribution is 2.36. The molecule has 0 radical (unpaired) electrons. The third-order valence-electron chi connectivity index (χ3n) is 3.50. The van der Waals surface area contributed by atoms with Gasteiger partial charge >= 0.3 is 0 Å². The van der Waals surface area contributed by atoms with E-state index in [2.05, 4.69) is 25.7 Å². The van der Waals surface area contributed by atoms with E-state index in [9.17, 15) is 4.79 Å². The topological polar surface area (TPSA) is 20.3 Å². The van der Waals surface area contributed by atoms with Crippen LogP contribution in [0.3, 0.4) is 0 Å². The van der Waals surface area contributed by atoms with Crippen LogP contribution < -0.4 is 4.90 Å². The standard InChI is InChI=1S/C14H19NO/c1-14(2,3)12-8-15(9-12)13-6-4-11(10-16)5-7-13/h4-7,10,12H,8-9H2,1-3H3. The van der Waals surface area contributed by atoms with Crippen molar-refractivity contribution in [1.82, 2.24) is 0 Å². The average Bonchev–Trinajstić information content (AvgIpc) is 2.14. The normalized spacial score (nSPS) is 17.1. The number of hydrogen-bond acceptors (Lipinski definition) is 2. The van der Waals surface area contributed by atoms with Crippen LogP contribution in [0.5, 0.6) is 0 Å². The van der Waals surface area contributed by atoms with Crippen molar-refractivity contribution < 1.29 is 4.79 Å². The summed E-state index contributed by atoms with van der Waals surface area (Å²) < 4.78 is 0. The zero-order valence-corrected chi connectivity index (χ0v) is 10.2. The van der Waals surface area contributed by atoms with Gasteiger partial charge in [0.15, 0.2) is 0 Å². The van der Waals surface area contributed by atoms with Gasteiger partial charge in [0, 0.05) is 24.3 Å². The summed E-state index contributed by atoms with van der Waals surface area (Å²) in [6.07, 6.45) is 0.887. The minimum absolute atomic E-state index is 0.402. The van der Waals surface area contributed by atoms with Gasteiger partial charge in [-0.25, -0.2) is 0 Å². The first-order valence-electron chi connectivity index (χ1n) is 5.81. The van der Waals surface area contributed by atoms with Crippen LogP contribution in [-0.4, -0.2) is 19.4 Å². The highest BCUT2D eigenvalue weighted by molar-refractivity contribution is 5.75. The molecule has 0 N–H and O–H groups in total. The lowest BCUT2D eigenvalue weighted by molar-refractivity contribution is 0.112. The number of nitrogens with zero attached hydrogens (tertiary/aromatic N) is 1. The molecule has 1 fully saturated rings. The van der Waals surface area contributed by atoms with Gasteiger partial charge in [-0.1, -0.05) is 20.8 Å². The molecule has 2 heteroatoms. The Morgan fingerprint density at radius 3 is 2.19 bits per heavy atom. The molecule has 0 spiro atoms. The molecule has 0 unspecified atom stereocenters. The molecule has 0 atom stereocenters. The van der Waals surface area contributed by atoms with E-state index in [0.29, 0.717) is 5.41 Å². The van der Waals surface area contributed by atoms with Gasteiger partial charge in [0.1, 0.15) is 6.29 Å². The van der Waals surface area contributed by atoms with Crippen LogP contribution in [0.2, 0.25) is 0 Å². The van der Waals surface area contributed by atoms with Crippen LogP contribution in [0.15, 0.2) is 24.3 Å². The van der Waals surface area contributed by atoms with Crippen LogP contribution in [-0.2, 0) is 0 Å². The van der Waals surface area contributed by atoms with Gasteiger partial charge in [0.2, 0.25) is 0 Å². The first kappa shape index (κ1) is 11.2. The van der Waals surface area contributed by atoms with Crippen molar-refractivity contribution in [2.45, 2.75) is 20.8 Å². The molecule has 0 amide bonds. The molecule has 1 saturated heterocycles. The quantitative estimate of drug-likeness (QED) is 0.710. The Hall–Kier alpha value is -1.31. The smallest absolute Gasteiger partial charge is 0.150 e. The van der Waals surface area contributed by atoms with Crippen LogP contribution in [0.1, 0.15) is 31.1 Å². The molecule has 16 heavy (non-hydrogen) atoms. The molecule has 1 aromatic carbocycles. The molecule has 0 aromatic heterocycles. The lowest BCUT2D eigenvalue weighted by Gasteiger charge is -2.47. The predicted octanol–water partition coefficient (Wildman–Crippen LogP) is 2.98. The fourth-order valence-corrected chi connectivity index (χ4v) is 2.00. The van der Waals surface area contributed by atoms with Crippen molar-refractivity contribution in [1.29, 1.82) is 0 Å². The Balaban J connectivity index is 1.99. The molecular formula is C14H19NO. The van der Waals surface area contributed by atoms with Crippen LogP contribution in [0, 0.1) is 11.3 Å². The number of carbonyl (C=O) groups is 1. The van der Waals surface area contributed by atoms with E-state index in [1.807, 2.05) is 24.3 Å². The number of hydrogen-bond donors (Lipinski definition) is 0. The van der Waals surface area contributed by atoms with E-state index in [1.54, 1.807) is 0 Å². The Kier molecular flexibility index (Phi) is 2.75. The van der Waals surface area contributed by atoms with Crippen molar-refractivity contribution in [2.75, 3.05) is 18.0 Å². The summed E-state index contributed by atoms with van der Waals surface area (Å²) in [5.74, 6) is 0.776. The van der Waals surface area contributed by atoms with Crippen LogP contribution >= 0.6 is 0 Å². The van der Waals surface area contributed by atoms with E-state index in [1.165, 1.54) is 5.69 Å². The molecule has 2 rings (SSSR count). The Morgan fingerprint density at radius 2 is 1.75 bits per heavy atom. The van der Waals surface area contributed by atoms with Crippen molar-refractivity contribution in [3.8, 4) is 0 Å². The predicted molar refractivity (Wildman–Crippen MR) is 67.0 cm³/mol. The van der Waals surface area contributed by atoms with E-state index in [-0.39, 0.29) is 0 Å². The number of anilines is 1. The van der Waals surface area contributed by atoms with E-state index in [4.69, 9.17) is 0 Å². The van der Waals surface area contributed by atoms with Gasteiger partial charge in [-0.3, -0.25) is 4.79 Å². The molecule has 1 aliphatic rings. The van der Waals surface area contributed by atoms with Gasteiger partial charge in [0.05, 0.1) is 0 Å². The summed E-state index contributed by atoms with van der Waals surface area (Å²) in [5, 5.41) is 0. The second-order valence-electron chi connectivity index (χ2n) is 5.68. The SMILES string of the molecule is CC(C)(C)C1CN(c2ccc(C=O)cc2)C1. The summed E-state index contributed by atoms with van der Waals surface area (Å²) in [7, 11) is 0. The van der Waals surface area contributed by atoms with Gasteiger partial charge in [-0.2, -0.15) is 0 Å². The van der Waals surface area contributed by atoms with Crippen molar-refractivity contribution in [2.24, 2.45) is 11.3 Å². The summed E-state index contributed by atoms with van der Waals surface area (Å²) >= 11 is 0. The molecular weight excluding hydrogens is 198 g/mol. The number of carbonyl (C=O) groups excluding carboxylic acids is 1. The molecule has 0 aliphatic carbocycles. The highest BCUT2D eigenvalue weighted by atomic mass is 16.1. The van der Waals surface area contributed by atoms with E-state index >= 15 is 0 Å². The second-order valence-corrected chi connectivity index (χ2v) is 5.68. The summed E-state index contributed by atoms with van der Waals surface area (Å²) in [6, 6.07) is 7.82. The minimum atomic E-state index is 0.402. The first-order valence-corrected chi connectivity index (χ1v) is 5.81. The van der Waals surface area contributed by atoms with Crippen LogP contribution in [0.25, 0.3) is 0 Å².